The van der Waals surface area contributed by atoms with Crippen molar-refractivity contribution < 1.29 is 19.4 Å². The van der Waals surface area contributed by atoms with E-state index in [1.165, 1.54) is 6.08 Å². The van der Waals surface area contributed by atoms with Crippen LogP contribution < -0.4 is 5.32 Å². The topological polar surface area (TPSA) is 75.6 Å². The van der Waals surface area contributed by atoms with Crippen molar-refractivity contribution in [2.75, 3.05) is 18.5 Å². The average Bonchev–Trinajstić information content (AvgIpc) is 3.00. The number of carboxylic acid groups (broad SMARTS) is 1. The van der Waals surface area contributed by atoms with Crippen molar-refractivity contribution in [3.63, 3.8) is 0 Å². The Morgan fingerprint density at radius 2 is 2.29 bits per heavy atom. The molecule has 2 N–H and O–H groups in total. The van der Waals surface area contributed by atoms with Crippen molar-refractivity contribution in [2.45, 2.75) is 19.8 Å². The fourth-order valence-corrected chi connectivity index (χ4v) is 2.28. The van der Waals surface area contributed by atoms with Gasteiger partial charge in [-0.05, 0) is 42.2 Å². The minimum absolute atomic E-state index is 0.0176. The third-order valence-corrected chi connectivity index (χ3v) is 3.49. The highest BCUT2D eigenvalue weighted by Gasteiger charge is 2.23. The summed E-state index contributed by atoms with van der Waals surface area (Å²) in [6.07, 6.45) is 4.15. The minimum Gasteiger partial charge on any atom is -0.478 e. The highest BCUT2D eigenvalue weighted by molar-refractivity contribution is 5.93. The van der Waals surface area contributed by atoms with Gasteiger partial charge in [-0.25, -0.2) is 4.79 Å². The second-order valence-electron chi connectivity index (χ2n) is 4.99. The van der Waals surface area contributed by atoms with Gasteiger partial charge in [0.2, 0.25) is 5.91 Å². The van der Waals surface area contributed by atoms with Gasteiger partial charge < -0.3 is 15.2 Å². The zero-order valence-electron chi connectivity index (χ0n) is 12.0. The molecule has 0 aliphatic carbocycles. The molecule has 21 heavy (non-hydrogen) atoms. The molecule has 1 aromatic carbocycles. The molecule has 5 heteroatoms. The van der Waals surface area contributed by atoms with E-state index >= 15 is 0 Å². The first-order valence-electron chi connectivity index (χ1n) is 7.02. The number of carbonyl (C=O) groups is 2. The van der Waals surface area contributed by atoms with Crippen LogP contribution in [0.3, 0.4) is 0 Å². The molecule has 0 aromatic heterocycles. The van der Waals surface area contributed by atoms with Gasteiger partial charge in [-0.15, -0.1) is 0 Å². The summed E-state index contributed by atoms with van der Waals surface area (Å²) in [5.41, 5.74) is 2.56. The normalized spacial score (nSPS) is 18.0. The third-order valence-electron chi connectivity index (χ3n) is 3.49. The lowest BCUT2D eigenvalue weighted by molar-refractivity contribution is -0.131. The number of nitrogens with one attached hydrogen (secondary N) is 1. The molecule has 112 valence electrons. The molecule has 1 aromatic rings. The highest BCUT2D eigenvalue weighted by Crippen LogP contribution is 2.21. The maximum Gasteiger partial charge on any atom is 0.328 e. The number of aliphatic carboxylic acids is 1. The van der Waals surface area contributed by atoms with Gasteiger partial charge in [-0.3, -0.25) is 4.79 Å². The largest absolute Gasteiger partial charge is 0.478 e. The molecule has 5 nitrogen and oxygen atoms in total. The summed E-state index contributed by atoms with van der Waals surface area (Å²) in [7, 11) is 0. The van der Waals surface area contributed by atoms with E-state index in [0.29, 0.717) is 13.2 Å². The highest BCUT2D eigenvalue weighted by atomic mass is 16.5. The summed E-state index contributed by atoms with van der Waals surface area (Å²) in [5.74, 6) is -1.08. The zero-order chi connectivity index (χ0) is 15.2. The van der Waals surface area contributed by atoms with Crippen LogP contribution in [0.1, 0.15) is 24.5 Å². The number of carboxylic acids is 1. The zero-order valence-corrected chi connectivity index (χ0v) is 12.0. The van der Waals surface area contributed by atoms with E-state index in [1.54, 1.807) is 6.07 Å². The molecule has 1 aliphatic rings. The Bertz CT molecular complexity index is 559. The lowest BCUT2D eigenvalue weighted by Crippen LogP contribution is -2.23. The first-order chi connectivity index (χ1) is 10.1. The molecule has 1 heterocycles. The SMILES string of the molecule is CCc1cc(/C=C/C(=O)O)ccc1NC(=O)C1CCOC1. The molecular formula is C16H19NO4. The van der Waals surface area contributed by atoms with Crippen LogP contribution in [0.5, 0.6) is 0 Å². The van der Waals surface area contributed by atoms with Crippen LogP contribution in [0.4, 0.5) is 5.69 Å². The molecular weight excluding hydrogens is 270 g/mol. The standard InChI is InChI=1S/C16H19NO4/c1-2-12-9-11(4-6-15(18)19)3-5-14(12)17-16(20)13-7-8-21-10-13/h3-6,9,13H,2,7-8,10H2,1H3,(H,17,20)(H,18,19)/b6-4+. The van der Waals surface area contributed by atoms with Crippen LogP contribution >= 0.6 is 0 Å². The number of aryl methyl sites for hydroxylation is 1. The number of hydrogen-bond acceptors (Lipinski definition) is 3. The third kappa shape index (κ3) is 4.16. The molecule has 0 radical (unpaired) electrons. The quantitative estimate of drug-likeness (QED) is 0.816. The Balaban J connectivity index is 2.12. The van der Waals surface area contributed by atoms with Crippen molar-refractivity contribution in [3.8, 4) is 0 Å². The van der Waals surface area contributed by atoms with Gasteiger partial charge in [0.1, 0.15) is 0 Å². The smallest absolute Gasteiger partial charge is 0.328 e. The molecule has 0 spiro atoms. The lowest BCUT2D eigenvalue weighted by Gasteiger charge is -2.13. The summed E-state index contributed by atoms with van der Waals surface area (Å²) in [4.78, 5) is 22.6. The summed E-state index contributed by atoms with van der Waals surface area (Å²) in [5, 5.41) is 11.6. The number of ether oxygens (including phenoxy) is 1. The molecule has 1 aliphatic heterocycles. The molecule has 2 rings (SSSR count). The van der Waals surface area contributed by atoms with Gasteiger partial charge in [0.05, 0.1) is 12.5 Å². The summed E-state index contributed by atoms with van der Waals surface area (Å²) in [6, 6.07) is 5.49. The molecule has 1 amide bonds. The van der Waals surface area contributed by atoms with Crippen LogP contribution in [0.2, 0.25) is 0 Å². The van der Waals surface area contributed by atoms with E-state index < -0.39 is 5.97 Å². The maximum absolute atomic E-state index is 12.1. The van der Waals surface area contributed by atoms with E-state index in [0.717, 1.165) is 35.7 Å². The predicted octanol–water partition coefficient (Wildman–Crippen LogP) is 2.32. The number of hydrogen-bond donors (Lipinski definition) is 2. The van der Waals surface area contributed by atoms with E-state index in [-0.39, 0.29) is 11.8 Å². The van der Waals surface area contributed by atoms with Crippen LogP contribution in [0, 0.1) is 5.92 Å². The molecule has 1 unspecified atom stereocenters. The first kappa shape index (κ1) is 15.3. The molecule has 1 saturated heterocycles. The first-order valence-corrected chi connectivity index (χ1v) is 7.02. The lowest BCUT2D eigenvalue weighted by atomic mass is 10.0. The summed E-state index contributed by atoms with van der Waals surface area (Å²) >= 11 is 0. The second kappa shape index (κ2) is 7.04. The Labute approximate surface area is 123 Å². The molecule has 1 fully saturated rings. The number of amides is 1. The fourth-order valence-electron chi connectivity index (χ4n) is 2.28. The molecule has 0 saturated carbocycles. The van der Waals surface area contributed by atoms with Crippen molar-refractivity contribution in [1.82, 2.24) is 0 Å². The Morgan fingerprint density at radius 3 is 2.90 bits per heavy atom. The molecule has 1 atom stereocenters. The Hall–Kier alpha value is -2.14. The average molecular weight is 289 g/mol. The summed E-state index contributed by atoms with van der Waals surface area (Å²) < 4.78 is 5.22. The van der Waals surface area contributed by atoms with Crippen LogP contribution in [-0.2, 0) is 20.7 Å². The number of benzene rings is 1. The molecule has 0 bridgehead atoms. The second-order valence-corrected chi connectivity index (χ2v) is 4.99. The van der Waals surface area contributed by atoms with E-state index in [2.05, 4.69) is 5.32 Å². The van der Waals surface area contributed by atoms with Gasteiger partial charge in [0.15, 0.2) is 0 Å². The van der Waals surface area contributed by atoms with Gasteiger partial charge >= 0.3 is 5.97 Å². The van der Waals surface area contributed by atoms with Gasteiger partial charge in [0.25, 0.3) is 0 Å². The van der Waals surface area contributed by atoms with E-state index in [9.17, 15) is 9.59 Å². The van der Waals surface area contributed by atoms with Gasteiger partial charge in [-0.2, -0.15) is 0 Å². The van der Waals surface area contributed by atoms with Crippen LogP contribution in [0.25, 0.3) is 6.08 Å². The maximum atomic E-state index is 12.1. The van der Waals surface area contributed by atoms with E-state index in [4.69, 9.17) is 9.84 Å². The fraction of sp³-hybridized carbons (Fsp3) is 0.375. The number of carbonyl (C=O) groups excluding carboxylic acids is 1. The van der Waals surface area contributed by atoms with Crippen molar-refractivity contribution in [1.29, 1.82) is 0 Å². The van der Waals surface area contributed by atoms with Crippen LogP contribution in [0.15, 0.2) is 24.3 Å². The van der Waals surface area contributed by atoms with Crippen molar-refractivity contribution >= 4 is 23.6 Å². The predicted molar refractivity (Wildman–Crippen MR) is 80.0 cm³/mol. The van der Waals surface area contributed by atoms with Crippen molar-refractivity contribution in [2.24, 2.45) is 5.92 Å². The minimum atomic E-state index is -0.980. The number of anilines is 1. The summed E-state index contributed by atoms with van der Waals surface area (Å²) in [6.45, 7) is 3.11. The van der Waals surface area contributed by atoms with Crippen molar-refractivity contribution in [3.05, 3.63) is 35.4 Å². The monoisotopic (exact) mass is 289 g/mol. The number of rotatable bonds is 5. The van der Waals surface area contributed by atoms with Gasteiger partial charge in [-0.1, -0.05) is 13.0 Å². The van der Waals surface area contributed by atoms with Crippen LogP contribution in [-0.4, -0.2) is 30.2 Å². The Kier molecular flexibility index (Phi) is 5.11. The Morgan fingerprint density at radius 1 is 1.48 bits per heavy atom. The van der Waals surface area contributed by atoms with E-state index in [1.807, 2.05) is 19.1 Å². The van der Waals surface area contributed by atoms with Gasteiger partial charge in [0, 0.05) is 18.4 Å².